The van der Waals surface area contributed by atoms with Crippen molar-refractivity contribution in [2.45, 2.75) is 25.9 Å². The number of hydrogen-bond acceptors (Lipinski definition) is 4. The van der Waals surface area contributed by atoms with Crippen molar-refractivity contribution in [3.05, 3.63) is 53.0 Å². The van der Waals surface area contributed by atoms with Crippen LogP contribution in [0.2, 0.25) is 0 Å². The maximum absolute atomic E-state index is 12.2. The number of rotatable bonds is 4. The van der Waals surface area contributed by atoms with Crippen molar-refractivity contribution in [2.75, 3.05) is 5.32 Å². The normalized spacial score (nSPS) is 14.4. The number of fused-ring (bicyclic) bond motifs is 1. The Morgan fingerprint density at radius 3 is 3.00 bits per heavy atom. The topological polar surface area (TPSA) is 97.4 Å². The van der Waals surface area contributed by atoms with E-state index in [1.54, 1.807) is 6.07 Å². The summed E-state index contributed by atoms with van der Waals surface area (Å²) < 4.78 is 5.16. The third kappa shape index (κ3) is 2.73. The fraction of sp³-hybridized carbons (Fsp3) is 0.250. The van der Waals surface area contributed by atoms with E-state index in [1.807, 2.05) is 25.1 Å². The van der Waals surface area contributed by atoms with Crippen LogP contribution in [-0.4, -0.2) is 11.8 Å². The van der Waals surface area contributed by atoms with Gasteiger partial charge in [0.25, 0.3) is 5.91 Å². The van der Waals surface area contributed by atoms with E-state index in [-0.39, 0.29) is 24.4 Å². The zero-order valence-corrected chi connectivity index (χ0v) is 12.2. The fourth-order valence-electron chi connectivity index (χ4n) is 2.49. The Morgan fingerprint density at radius 2 is 2.27 bits per heavy atom. The molecule has 0 spiro atoms. The van der Waals surface area contributed by atoms with Gasteiger partial charge in [-0.25, -0.2) is 0 Å². The lowest BCUT2D eigenvalue weighted by Crippen LogP contribution is -2.26. The van der Waals surface area contributed by atoms with Crippen molar-refractivity contribution in [1.82, 2.24) is 5.32 Å². The van der Waals surface area contributed by atoms with Crippen molar-refractivity contribution < 1.29 is 14.0 Å². The van der Waals surface area contributed by atoms with Gasteiger partial charge in [-0.1, -0.05) is 12.1 Å². The minimum Gasteiger partial charge on any atom is -0.467 e. The van der Waals surface area contributed by atoms with E-state index in [0.29, 0.717) is 17.7 Å². The molecule has 2 heterocycles. The van der Waals surface area contributed by atoms with Gasteiger partial charge in [-0.2, -0.15) is 0 Å². The quantitative estimate of drug-likeness (QED) is 0.800. The molecule has 1 atom stereocenters. The summed E-state index contributed by atoms with van der Waals surface area (Å²) in [7, 11) is 0. The molecular formula is C16H17N3O3. The zero-order valence-electron chi connectivity index (χ0n) is 12.2. The molecule has 0 fully saturated rings. The number of hydrogen-bond donors (Lipinski definition) is 3. The van der Waals surface area contributed by atoms with Gasteiger partial charge in [-0.05, 0) is 30.2 Å². The van der Waals surface area contributed by atoms with Crippen molar-refractivity contribution in [3.8, 4) is 0 Å². The van der Waals surface area contributed by atoms with Crippen molar-refractivity contribution >= 4 is 17.5 Å². The number of benzene rings is 1. The summed E-state index contributed by atoms with van der Waals surface area (Å²) in [5.41, 5.74) is 8.66. The molecule has 0 bridgehead atoms. The summed E-state index contributed by atoms with van der Waals surface area (Å²) in [6.07, 6.45) is 1.78. The van der Waals surface area contributed by atoms with Gasteiger partial charge in [0.05, 0.1) is 24.6 Å². The Kier molecular flexibility index (Phi) is 3.68. The lowest BCUT2D eigenvalue weighted by molar-refractivity contribution is -0.115. The maximum atomic E-state index is 12.2. The standard InChI is InChI=1S/C16H17N3O3/c1-9(18-16(21)12-5-13(7-17)22-8-12)10-2-3-14-11(4-10)6-15(20)19-14/h2-5,8-9H,6-7,17H2,1H3,(H,18,21)(H,19,20). The monoisotopic (exact) mass is 299 g/mol. The van der Waals surface area contributed by atoms with Gasteiger partial charge in [-0.3, -0.25) is 9.59 Å². The van der Waals surface area contributed by atoms with Crippen LogP contribution in [0.3, 0.4) is 0 Å². The zero-order chi connectivity index (χ0) is 15.7. The highest BCUT2D eigenvalue weighted by Crippen LogP contribution is 2.26. The number of nitrogens with one attached hydrogen (secondary N) is 2. The minimum absolute atomic E-state index is 0.00319. The molecule has 0 saturated heterocycles. The summed E-state index contributed by atoms with van der Waals surface area (Å²) in [4.78, 5) is 23.5. The molecule has 22 heavy (non-hydrogen) atoms. The molecule has 6 heteroatoms. The summed E-state index contributed by atoms with van der Waals surface area (Å²) in [6.45, 7) is 2.16. The SMILES string of the molecule is CC(NC(=O)c1coc(CN)c1)c1ccc2c(c1)CC(=O)N2. The lowest BCUT2D eigenvalue weighted by Gasteiger charge is -2.14. The van der Waals surface area contributed by atoms with E-state index < -0.39 is 0 Å². The van der Waals surface area contributed by atoms with Crippen LogP contribution in [-0.2, 0) is 17.8 Å². The number of carbonyl (C=O) groups is 2. The molecule has 0 radical (unpaired) electrons. The summed E-state index contributed by atoms with van der Waals surface area (Å²) in [5.74, 6) is 0.349. The summed E-state index contributed by atoms with van der Waals surface area (Å²) in [6, 6.07) is 7.16. The highest BCUT2D eigenvalue weighted by Gasteiger charge is 2.20. The molecule has 3 rings (SSSR count). The van der Waals surface area contributed by atoms with Crippen molar-refractivity contribution in [1.29, 1.82) is 0 Å². The fourth-order valence-corrected chi connectivity index (χ4v) is 2.49. The Morgan fingerprint density at radius 1 is 1.45 bits per heavy atom. The van der Waals surface area contributed by atoms with E-state index in [9.17, 15) is 9.59 Å². The molecule has 6 nitrogen and oxygen atoms in total. The van der Waals surface area contributed by atoms with Crippen molar-refractivity contribution in [2.24, 2.45) is 5.73 Å². The second-order valence-electron chi connectivity index (χ2n) is 5.34. The molecule has 4 N–H and O–H groups in total. The lowest BCUT2D eigenvalue weighted by atomic mass is 10.0. The Bertz CT molecular complexity index is 736. The third-order valence-electron chi connectivity index (χ3n) is 3.72. The van der Waals surface area contributed by atoms with E-state index >= 15 is 0 Å². The predicted octanol–water partition coefficient (Wildman–Crippen LogP) is 1.72. The van der Waals surface area contributed by atoms with Crippen LogP contribution < -0.4 is 16.4 Å². The first-order valence-electron chi connectivity index (χ1n) is 7.08. The number of nitrogens with two attached hydrogens (primary N) is 1. The second kappa shape index (κ2) is 5.65. The Hall–Kier alpha value is -2.60. The first kappa shape index (κ1) is 14.3. The molecule has 2 aromatic rings. The van der Waals surface area contributed by atoms with Gasteiger partial charge < -0.3 is 20.8 Å². The van der Waals surface area contributed by atoms with Crippen LogP contribution in [0.1, 0.15) is 40.2 Å². The summed E-state index contributed by atoms with van der Waals surface area (Å²) >= 11 is 0. The van der Waals surface area contributed by atoms with Gasteiger partial charge in [0, 0.05) is 5.69 Å². The molecule has 1 aromatic heterocycles. The largest absolute Gasteiger partial charge is 0.467 e. The van der Waals surface area contributed by atoms with E-state index in [0.717, 1.165) is 16.8 Å². The third-order valence-corrected chi connectivity index (χ3v) is 3.72. The smallest absolute Gasteiger partial charge is 0.255 e. The van der Waals surface area contributed by atoms with Crippen LogP contribution in [0.5, 0.6) is 0 Å². The molecule has 0 saturated carbocycles. The average molecular weight is 299 g/mol. The van der Waals surface area contributed by atoms with Crippen LogP contribution in [0, 0.1) is 0 Å². The number of furan rings is 1. The molecule has 2 amide bonds. The minimum atomic E-state index is -0.217. The van der Waals surface area contributed by atoms with Gasteiger partial charge in [0.15, 0.2) is 0 Å². The predicted molar refractivity (Wildman–Crippen MR) is 81.3 cm³/mol. The summed E-state index contributed by atoms with van der Waals surface area (Å²) in [5, 5.41) is 5.70. The molecule has 1 aliphatic heterocycles. The molecular weight excluding hydrogens is 282 g/mol. The number of anilines is 1. The molecule has 0 aliphatic carbocycles. The van der Waals surface area contributed by atoms with Gasteiger partial charge in [0.1, 0.15) is 12.0 Å². The molecule has 1 aliphatic rings. The first-order valence-corrected chi connectivity index (χ1v) is 7.08. The van der Waals surface area contributed by atoms with Gasteiger partial charge in [-0.15, -0.1) is 0 Å². The van der Waals surface area contributed by atoms with Crippen LogP contribution in [0.25, 0.3) is 0 Å². The Labute approximate surface area is 127 Å². The van der Waals surface area contributed by atoms with Crippen molar-refractivity contribution in [3.63, 3.8) is 0 Å². The van der Waals surface area contributed by atoms with E-state index in [1.165, 1.54) is 6.26 Å². The maximum Gasteiger partial charge on any atom is 0.255 e. The van der Waals surface area contributed by atoms with Gasteiger partial charge >= 0.3 is 0 Å². The highest BCUT2D eigenvalue weighted by atomic mass is 16.3. The van der Waals surface area contributed by atoms with Crippen LogP contribution in [0.15, 0.2) is 34.9 Å². The highest BCUT2D eigenvalue weighted by molar-refractivity contribution is 5.99. The van der Waals surface area contributed by atoms with E-state index in [2.05, 4.69) is 10.6 Å². The van der Waals surface area contributed by atoms with Crippen LogP contribution in [0.4, 0.5) is 5.69 Å². The first-order chi connectivity index (χ1) is 10.6. The molecule has 1 aromatic carbocycles. The van der Waals surface area contributed by atoms with E-state index in [4.69, 9.17) is 10.2 Å². The average Bonchev–Trinajstić information content (AvgIpc) is 3.11. The molecule has 1 unspecified atom stereocenters. The van der Waals surface area contributed by atoms with Gasteiger partial charge in [0.2, 0.25) is 5.91 Å². The Balaban J connectivity index is 1.72. The number of amides is 2. The number of carbonyl (C=O) groups excluding carboxylic acids is 2. The molecule has 114 valence electrons. The van der Waals surface area contributed by atoms with Crippen LogP contribution >= 0.6 is 0 Å². The second-order valence-corrected chi connectivity index (χ2v) is 5.34.